The predicted molar refractivity (Wildman–Crippen MR) is 89.3 cm³/mol. The van der Waals surface area contributed by atoms with Gasteiger partial charge in [0.25, 0.3) is 10.0 Å². The van der Waals surface area contributed by atoms with Gasteiger partial charge in [-0.25, -0.2) is 0 Å². The fraction of sp³-hybridized carbons (Fsp3) is 0.250. The number of methoxy groups -OCH3 is 3. The van der Waals surface area contributed by atoms with Crippen LogP contribution >= 0.6 is 0 Å². The lowest BCUT2D eigenvalue weighted by atomic mass is 10.2. The molecule has 0 aliphatic rings. The van der Waals surface area contributed by atoms with E-state index in [-0.39, 0.29) is 21.7 Å². The summed E-state index contributed by atoms with van der Waals surface area (Å²) in [6.45, 7) is 0. The third-order valence-corrected chi connectivity index (χ3v) is 4.90. The second-order valence-corrected chi connectivity index (χ2v) is 6.72. The van der Waals surface area contributed by atoms with Crippen LogP contribution in [0.5, 0.6) is 17.2 Å². The monoisotopic (exact) mass is 407 g/mol. The van der Waals surface area contributed by atoms with Crippen LogP contribution in [0.1, 0.15) is 0 Å². The number of ether oxygens (including phenoxy) is 3. The van der Waals surface area contributed by atoms with Crippen molar-refractivity contribution in [1.29, 1.82) is 0 Å². The molecule has 0 unspecified atom stereocenters. The molecule has 148 valence electrons. The molecule has 0 spiro atoms. The number of rotatable bonds is 7. The molecule has 0 aliphatic heterocycles. The van der Waals surface area contributed by atoms with Crippen molar-refractivity contribution in [3.05, 3.63) is 42.5 Å². The molecule has 0 atom stereocenters. The Kier molecular flexibility index (Phi) is 6.06. The normalized spacial score (nSPS) is 11.8. The van der Waals surface area contributed by atoms with E-state index >= 15 is 0 Å². The molecule has 0 N–H and O–H groups in total. The van der Waals surface area contributed by atoms with Gasteiger partial charge < -0.3 is 14.2 Å². The zero-order chi connectivity index (χ0) is 20.2. The third-order valence-electron chi connectivity index (χ3n) is 3.31. The molecule has 2 rings (SSSR count). The maximum absolute atomic E-state index is 12.9. The lowest BCUT2D eigenvalue weighted by Gasteiger charge is -2.25. The molecule has 0 saturated carbocycles. The van der Waals surface area contributed by atoms with Crippen LogP contribution in [0.3, 0.4) is 0 Å². The van der Waals surface area contributed by atoms with Gasteiger partial charge in [0.15, 0.2) is 11.5 Å². The summed E-state index contributed by atoms with van der Waals surface area (Å²) in [6, 6.07) is 8.58. The summed E-state index contributed by atoms with van der Waals surface area (Å²) in [5, 5.41) is 0. The van der Waals surface area contributed by atoms with Crippen LogP contribution in [0.15, 0.2) is 47.4 Å². The van der Waals surface area contributed by atoms with Crippen LogP contribution in [0.25, 0.3) is 0 Å². The first kappa shape index (κ1) is 20.6. The highest BCUT2D eigenvalue weighted by Gasteiger charge is 2.40. The summed E-state index contributed by atoms with van der Waals surface area (Å²) in [5.41, 5.74) is -0.495. The maximum Gasteiger partial charge on any atom is 0.544 e. The fourth-order valence-corrected chi connectivity index (χ4v) is 3.45. The Morgan fingerprint density at radius 3 is 1.81 bits per heavy atom. The highest BCUT2D eigenvalue weighted by molar-refractivity contribution is 7.92. The van der Waals surface area contributed by atoms with Gasteiger partial charge in [-0.05, 0) is 12.1 Å². The highest BCUT2D eigenvalue weighted by Crippen LogP contribution is 2.43. The van der Waals surface area contributed by atoms with Crippen molar-refractivity contribution in [1.82, 2.24) is 0 Å². The minimum Gasteiger partial charge on any atom is -0.493 e. The minimum absolute atomic E-state index is 0.0501. The first-order valence-corrected chi connectivity index (χ1v) is 8.74. The van der Waals surface area contributed by atoms with Gasteiger partial charge in [-0.1, -0.05) is 18.2 Å². The highest BCUT2D eigenvalue weighted by atomic mass is 32.2. The number of anilines is 1. The molecule has 2 aromatic carbocycles. The van der Waals surface area contributed by atoms with Gasteiger partial charge >= 0.3 is 6.36 Å². The van der Waals surface area contributed by atoms with E-state index in [1.54, 1.807) is 0 Å². The molecule has 0 fully saturated rings. The van der Waals surface area contributed by atoms with E-state index in [9.17, 15) is 21.6 Å². The van der Waals surface area contributed by atoms with Crippen molar-refractivity contribution in [3.8, 4) is 17.2 Å². The largest absolute Gasteiger partial charge is 0.544 e. The standard InChI is InChI=1S/C16H16F3NO6S/c1-23-13-9-11(10-14(24-2)15(13)25-3)20(26-16(17,18)19)27(21,22)12-7-5-4-6-8-12/h4-10H,1-3H3. The smallest absolute Gasteiger partial charge is 0.493 e. The fourth-order valence-electron chi connectivity index (χ4n) is 2.20. The zero-order valence-electron chi connectivity index (χ0n) is 14.5. The van der Waals surface area contributed by atoms with Crippen molar-refractivity contribution in [2.24, 2.45) is 0 Å². The second kappa shape index (κ2) is 7.92. The number of alkyl halides is 3. The first-order chi connectivity index (χ1) is 12.6. The number of sulfonamides is 1. The summed E-state index contributed by atoms with van der Waals surface area (Å²) >= 11 is 0. The van der Waals surface area contributed by atoms with Gasteiger partial charge in [0, 0.05) is 12.1 Å². The Hall–Kier alpha value is -2.66. The average molecular weight is 407 g/mol. The van der Waals surface area contributed by atoms with E-state index in [2.05, 4.69) is 4.84 Å². The topological polar surface area (TPSA) is 74.3 Å². The predicted octanol–water partition coefficient (Wildman–Crippen LogP) is 3.36. The van der Waals surface area contributed by atoms with E-state index in [0.29, 0.717) is 0 Å². The second-order valence-electron chi connectivity index (χ2n) is 4.97. The van der Waals surface area contributed by atoms with E-state index < -0.39 is 27.0 Å². The van der Waals surface area contributed by atoms with Gasteiger partial charge in [0.05, 0.1) is 31.9 Å². The Balaban J connectivity index is 2.69. The molecule has 0 aromatic heterocycles. The van der Waals surface area contributed by atoms with Crippen LogP contribution in [0, 0.1) is 0 Å². The van der Waals surface area contributed by atoms with Gasteiger partial charge in [-0.15, -0.1) is 17.6 Å². The zero-order valence-corrected chi connectivity index (χ0v) is 15.3. The molecule has 11 heteroatoms. The molecule has 0 amide bonds. The summed E-state index contributed by atoms with van der Waals surface area (Å²) < 4.78 is 79.3. The van der Waals surface area contributed by atoms with E-state index in [1.165, 1.54) is 39.5 Å². The van der Waals surface area contributed by atoms with Crippen LogP contribution in [-0.4, -0.2) is 36.1 Å². The van der Waals surface area contributed by atoms with E-state index in [1.807, 2.05) is 0 Å². The molecular weight excluding hydrogens is 391 g/mol. The van der Waals surface area contributed by atoms with Gasteiger partial charge in [0.1, 0.15) is 0 Å². The molecular formula is C16H16F3NO6S. The molecule has 27 heavy (non-hydrogen) atoms. The molecule has 0 aliphatic carbocycles. The summed E-state index contributed by atoms with van der Waals surface area (Å²) in [6.07, 6.45) is -5.28. The Morgan fingerprint density at radius 1 is 0.889 bits per heavy atom. The SMILES string of the molecule is COc1cc(N(OC(F)(F)F)S(=O)(=O)c2ccccc2)cc(OC)c1OC. The Bertz CT molecular complexity index is 862. The van der Waals surface area contributed by atoms with Crippen molar-refractivity contribution in [2.75, 3.05) is 25.8 Å². The average Bonchev–Trinajstić information content (AvgIpc) is 2.64. The summed E-state index contributed by atoms with van der Waals surface area (Å²) in [7, 11) is -0.946. The number of hydrogen-bond donors (Lipinski definition) is 0. The number of halogens is 3. The molecule has 0 radical (unpaired) electrons. The Morgan fingerprint density at radius 2 is 1.41 bits per heavy atom. The molecule has 0 saturated heterocycles. The van der Waals surface area contributed by atoms with Crippen LogP contribution in [0.2, 0.25) is 0 Å². The number of nitrogens with zero attached hydrogens (tertiary/aromatic N) is 1. The van der Waals surface area contributed by atoms with Crippen molar-refractivity contribution >= 4 is 15.7 Å². The molecule has 0 bridgehead atoms. The molecule has 0 heterocycles. The first-order valence-electron chi connectivity index (χ1n) is 7.30. The van der Waals surface area contributed by atoms with Crippen LogP contribution in [0.4, 0.5) is 18.9 Å². The van der Waals surface area contributed by atoms with Crippen molar-refractivity contribution < 1.29 is 40.6 Å². The summed E-state index contributed by atoms with van der Waals surface area (Å²) in [5.74, 6) is -0.0235. The van der Waals surface area contributed by atoms with Gasteiger partial charge in [-0.3, -0.25) is 0 Å². The number of hydrogen-bond acceptors (Lipinski definition) is 6. The van der Waals surface area contributed by atoms with Crippen LogP contribution in [-0.2, 0) is 14.9 Å². The van der Waals surface area contributed by atoms with Crippen molar-refractivity contribution in [2.45, 2.75) is 11.3 Å². The van der Waals surface area contributed by atoms with E-state index in [0.717, 1.165) is 24.3 Å². The number of benzene rings is 2. The lowest BCUT2D eigenvalue weighted by Crippen LogP contribution is -2.36. The maximum atomic E-state index is 12.9. The minimum atomic E-state index is -5.28. The van der Waals surface area contributed by atoms with E-state index in [4.69, 9.17) is 14.2 Å². The summed E-state index contributed by atoms with van der Waals surface area (Å²) in [4.78, 5) is 3.41. The third kappa shape index (κ3) is 4.55. The Labute approximate surface area is 153 Å². The van der Waals surface area contributed by atoms with Gasteiger partial charge in [-0.2, -0.15) is 13.3 Å². The lowest BCUT2D eigenvalue weighted by molar-refractivity contribution is -0.322. The van der Waals surface area contributed by atoms with Gasteiger partial charge in [0.2, 0.25) is 5.75 Å². The molecule has 7 nitrogen and oxygen atoms in total. The van der Waals surface area contributed by atoms with Crippen molar-refractivity contribution in [3.63, 3.8) is 0 Å². The quantitative estimate of drug-likeness (QED) is 0.656. The van der Waals surface area contributed by atoms with Crippen LogP contribution < -0.4 is 18.7 Å². The molecule has 2 aromatic rings.